The van der Waals surface area contributed by atoms with E-state index in [2.05, 4.69) is 16.5 Å². The lowest BCUT2D eigenvalue weighted by Crippen LogP contribution is -2.12. The molecule has 0 bridgehead atoms. The molecule has 140 valence electrons. The molecular weight excluding hydrogens is 340 g/mol. The molecule has 3 rings (SSSR count). The van der Waals surface area contributed by atoms with Gasteiger partial charge in [0.15, 0.2) is 5.78 Å². The number of carbonyl (C=O) groups excluding carboxylic acids is 1. The molecule has 0 aliphatic rings. The lowest BCUT2D eigenvalue weighted by Gasteiger charge is -2.12. The number of Topliss-reactive ketones (excluding diaryl/α,β-unsaturated/α-hetero) is 1. The van der Waals surface area contributed by atoms with Gasteiger partial charge in [0.25, 0.3) is 0 Å². The van der Waals surface area contributed by atoms with Gasteiger partial charge in [-0.15, -0.1) is 0 Å². The lowest BCUT2D eigenvalue weighted by atomic mass is 9.96. The Morgan fingerprint density at radius 3 is 2.59 bits per heavy atom. The zero-order chi connectivity index (χ0) is 19.6. The van der Waals surface area contributed by atoms with E-state index in [0.717, 1.165) is 40.6 Å². The SMILES string of the molecule is CCCc1c(C(=O)C(C)C)c2ccc(C(=O)O)cc2n1Cc1cccnc1. The molecule has 2 aromatic heterocycles. The predicted molar refractivity (Wildman–Crippen MR) is 105 cm³/mol. The molecule has 1 aromatic carbocycles. The predicted octanol–water partition coefficient (Wildman–Crippen LogP) is 4.57. The van der Waals surface area contributed by atoms with Crippen LogP contribution in [0.4, 0.5) is 0 Å². The Bertz CT molecular complexity index is 988. The summed E-state index contributed by atoms with van der Waals surface area (Å²) in [6, 6.07) is 8.88. The third-order valence-electron chi connectivity index (χ3n) is 4.74. The second-order valence-electron chi connectivity index (χ2n) is 7.08. The van der Waals surface area contributed by atoms with Crippen molar-refractivity contribution in [2.75, 3.05) is 0 Å². The van der Waals surface area contributed by atoms with Gasteiger partial charge in [-0.25, -0.2) is 4.79 Å². The summed E-state index contributed by atoms with van der Waals surface area (Å²) in [5, 5.41) is 10.2. The summed E-state index contributed by atoms with van der Waals surface area (Å²) in [6.07, 6.45) is 5.17. The van der Waals surface area contributed by atoms with Crippen molar-refractivity contribution in [2.24, 2.45) is 5.92 Å². The van der Waals surface area contributed by atoms with Crippen LogP contribution in [0.15, 0.2) is 42.7 Å². The van der Waals surface area contributed by atoms with Gasteiger partial charge in [0.05, 0.1) is 11.1 Å². The number of carboxylic acid groups (broad SMARTS) is 1. The average Bonchev–Trinajstić information content (AvgIpc) is 2.95. The third-order valence-corrected chi connectivity index (χ3v) is 4.74. The van der Waals surface area contributed by atoms with E-state index in [-0.39, 0.29) is 17.3 Å². The molecule has 5 heteroatoms. The van der Waals surface area contributed by atoms with Crippen LogP contribution in [-0.2, 0) is 13.0 Å². The van der Waals surface area contributed by atoms with Crippen LogP contribution < -0.4 is 0 Å². The first-order valence-corrected chi connectivity index (χ1v) is 9.25. The Morgan fingerprint density at radius 1 is 1.22 bits per heavy atom. The van der Waals surface area contributed by atoms with Gasteiger partial charge in [0, 0.05) is 41.5 Å². The van der Waals surface area contributed by atoms with Crippen LogP contribution in [-0.4, -0.2) is 26.4 Å². The van der Waals surface area contributed by atoms with E-state index in [1.54, 1.807) is 30.6 Å². The second kappa shape index (κ2) is 7.74. The fraction of sp³-hybridized carbons (Fsp3) is 0.318. The van der Waals surface area contributed by atoms with Crippen LogP contribution in [0, 0.1) is 5.92 Å². The van der Waals surface area contributed by atoms with Crippen LogP contribution in [0.2, 0.25) is 0 Å². The highest BCUT2D eigenvalue weighted by Crippen LogP contribution is 2.31. The summed E-state index contributed by atoms with van der Waals surface area (Å²) in [5.74, 6) is -1.01. The number of aromatic carboxylic acids is 1. The summed E-state index contributed by atoms with van der Waals surface area (Å²) >= 11 is 0. The van der Waals surface area contributed by atoms with E-state index in [9.17, 15) is 14.7 Å². The Hall–Kier alpha value is -2.95. The molecule has 0 amide bonds. The molecular formula is C22H24N2O3. The number of hydrogen-bond donors (Lipinski definition) is 1. The van der Waals surface area contributed by atoms with Gasteiger partial charge < -0.3 is 9.67 Å². The minimum absolute atomic E-state index is 0.0939. The monoisotopic (exact) mass is 364 g/mol. The number of hydrogen-bond acceptors (Lipinski definition) is 3. The van der Waals surface area contributed by atoms with Crippen LogP contribution in [0.3, 0.4) is 0 Å². The summed E-state index contributed by atoms with van der Waals surface area (Å²) in [7, 11) is 0. The van der Waals surface area contributed by atoms with Crippen LogP contribution in [0.1, 0.15) is 59.2 Å². The van der Waals surface area contributed by atoms with E-state index in [0.29, 0.717) is 6.54 Å². The largest absolute Gasteiger partial charge is 0.478 e. The van der Waals surface area contributed by atoms with E-state index in [1.807, 2.05) is 26.0 Å². The normalized spacial score (nSPS) is 11.3. The Balaban J connectivity index is 2.31. The number of nitrogens with zero attached hydrogens (tertiary/aromatic N) is 2. The molecule has 0 aliphatic carbocycles. The molecule has 3 aromatic rings. The molecule has 0 saturated heterocycles. The third kappa shape index (κ3) is 3.63. The summed E-state index contributed by atoms with van der Waals surface area (Å²) in [6.45, 7) is 6.43. The first kappa shape index (κ1) is 18.8. The topological polar surface area (TPSA) is 72.2 Å². The standard InChI is InChI=1S/C22H24N2O3/c1-4-6-18-20(21(25)14(2)3)17-9-8-16(22(26)27)11-19(17)24(18)13-15-7-5-10-23-12-15/h5,7-12,14H,4,6,13H2,1-3H3,(H,26,27). The van der Waals surface area contributed by atoms with Crippen molar-refractivity contribution in [3.63, 3.8) is 0 Å². The molecule has 5 nitrogen and oxygen atoms in total. The number of pyridine rings is 1. The number of benzene rings is 1. The smallest absolute Gasteiger partial charge is 0.335 e. The number of carbonyl (C=O) groups is 2. The Labute approximate surface area is 158 Å². The average molecular weight is 364 g/mol. The van der Waals surface area contributed by atoms with Gasteiger partial charge in [-0.1, -0.05) is 39.3 Å². The van der Waals surface area contributed by atoms with Gasteiger partial charge in [-0.3, -0.25) is 9.78 Å². The summed E-state index contributed by atoms with van der Waals surface area (Å²) in [5.41, 5.74) is 3.71. The highest BCUT2D eigenvalue weighted by atomic mass is 16.4. The quantitative estimate of drug-likeness (QED) is 0.623. The minimum Gasteiger partial charge on any atom is -0.478 e. The Morgan fingerprint density at radius 2 is 2.00 bits per heavy atom. The van der Waals surface area contributed by atoms with Gasteiger partial charge in [-0.2, -0.15) is 0 Å². The zero-order valence-electron chi connectivity index (χ0n) is 15.9. The maximum atomic E-state index is 13.0. The maximum absolute atomic E-state index is 13.0. The maximum Gasteiger partial charge on any atom is 0.335 e. The molecule has 0 fully saturated rings. The number of ketones is 1. The summed E-state index contributed by atoms with van der Waals surface area (Å²) < 4.78 is 2.08. The van der Waals surface area contributed by atoms with Crippen LogP contribution in [0.5, 0.6) is 0 Å². The van der Waals surface area contributed by atoms with Crippen molar-refractivity contribution >= 4 is 22.7 Å². The first-order chi connectivity index (χ1) is 12.9. The summed E-state index contributed by atoms with van der Waals surface area (Å²) in [4.78, 5) is 28.7. The fourth-order valence-electron chi connectivity index (χ4n) is 3.45. The second-order valence-corrected chi connectivity index (χ2v) is 7.08. The molecule has 0 spiro atoms. The van der Waals surface area contributed by atoms with Crippen molar-refractivity contribution in [3.05, 3.63) is 65.1 Å². The molecule has 0 aliphatic heterocycles. The highest BCUT2D eigenvalue weighted by Gasteiger charge is 2.24. The van der Waals surface area contributed by atoms with Crippen molar-refractivity contribution in [3.8, 4) is 0 Å². The number of fused-ring (bicyclic) bond motifs is 1. The number of aromatic nitrogens is 2. The van der Waals surface area contributed by atoms with Crippen molar-refractivity contribution < 1.29 is 14.7 Å². The molecule has 0 radical (unpaired) electrons. The van der Waals surface area contributed by atoms with Crippen LogP contribution >= 0.6 is 0 Å². The van der Waals surface area contributed by atoms with Gasteiger partial charge in [-0.05, 0) is 30.2 Å². The van der Waals surface area contributed by atoms with Crippen molar-refractivity contribution in [2.45, 2.75) is 40.2 Å². The van der Waals surface area contributed by atoms with E-state index >= 15 is 0 Å². The van der Waals surface area contributed by atoms with E-state index in [4.69, 9.17) is 0 Å². The fourth-order valence-corrected chi connectivity index (χ4v) is 3.45. The van der Waals surface area contributed by atoms with Gasteiger partial charge in [0.1, 0.15) is 0 Å². The Kier molecular flexibility index (Phi) is 5.40. The lowest BCUT2D eigenvalue weighted by molar-refractivity contribution is 0.0696. The van der Waals surface area contributed by atoms with Gasteiger partial charge in [0.2, 0.25) is 0 Å². The van der Waals surface area contributed by atoms with Gasteiger partial charge >= 0.3 is 5.97 Å². The zero-order valence-corrected chi connectivity index (χ0v) is 15.9. The molecule has 1 N–H and O–H groups in total. The molecule has 0 unspecified atom stereocenters. The van der Waals surface area contributed by atoms with Crippen molar-refractivity contribution in [1.82, 2.24) is 9.55 Å². The highest BCUT2D eigenvalue weighted by molar-refractivity contribution is 6.11. The number of rotatable bonds is 7. The van der Waals surface area contributed by atoms with E-state index in [1.165, 1.54) is 0 Å². The molecule has 0 saturated carbocycles. The minimum atomic E-state index is -0.972. The molecule has 2 heterocycles. The van der Waals surface area contributed by atoms with Crippen LogP contribution in [0.25, 0.3) is 10.9 Å². The molecule has 0 atom stereocenters. The van der Waals surface area contributed by atoms with Crippen molar-refractivity contribution in [1.29, 1.82) is 0 Å². The number of carboxylic acids is 1. The van der Waals surface area contributed by atoms with E-state index < -0.39 is 5.97 Å². The molecule has 27 heavy (non-hydrogen) atoms. The first-order valence-electron chi connectivity index (χ1n) is 9.25.